The molecule has 1 aliphatic heterocycles. The van der Waals surface area contributed by atoms with E-state index in [1.54, 1.807) is 0 Å². The molecular formula is C16H11NSe2. The van der Waals surface area contributed by atoms with Gasteiger partial charge >= 0.3 is 125 Å². The zero-order chi connectivity index (χ0) is 12.7. The van der Waals surface area contributed by atoms with Crippen molar-refractivity contribution in [1.82, 2.24) is 0 Å². The van der Waals surface area contributed by atoms with E-state index in [2.05, 4.69) is 70.5 Å². The van der Waals surface area contributed by atoms with Crippen molar-refractivity contribution in [2.24, 2.45) is 0 Å². The molecule has 0 radical (unpaired) electrons. The number of hydrogen-bond donors (Lipinski definition) is 0. The fraction of sp³-hybridized carbons (Fsp3) is 0. The summed E-state index contributed by atoms with van der Waals surface area (Å²) in [6.07, 6.45) is 0. The van der Waals surface area contributed by atoms with E-state index in [4.69, 9.17) is 0 Å². The first-order chi connectivity index (χ1) is 9.43. The monoisotopic (exact) mass is 377 g/mol. The first kappa shape index (κ1) is 11.6. The Bertz CT molecular complexity index is 674. The molecule has 0 bridgehead atoms. The average molecular weight is 375 g/mol. The topological polar surface area (TPSA) is 3.24 Å². The van der Waals surface area contributed by atoms with Crippen LogP contribution in [0.4, 0.5) is 15.9 Å². The van der Waals surface area contributed by atoms with Crippen molar-refractivity contribution in [3.63, 3.8) is 0 Å². The summed E-state index contributed by atoms with van der Waals surface area (Å²) in [6.45, 7) is 0. The Hall–Kier alpha value is -1.24. The van der Waals surface area contributed by atoms with Crippen LogP contribution in [0, 0.1) is 0 Å². The number of fused-ring (bicyclic) bond motifs is 2. The molecule has 3 aromatic rings. The minimum atomic E-state index is 0.420. The molecule has 1 nitrogen and oxygen atoms in total. The number of rotatable bonds is 1. The van der Waals surface area contributed by atoms with Crippen LogP contribution in [-0.2, 0) is 0 Å². The maximum atomic E-state index is 2.45. The van der Waals surface area contributed by atoms with Crippen molar-refractivity contribution >= 4 is 54.3 Å². The normalized spacial score (nSPS) is 12.9. The molecule has 0 aliphatic carbocycles. The Morgan fingerprint density at radius 3 is 1.89 bits per heavy atom. The van der Waals surface area contributed by atoms with Crippen LogP contribution in [0.25, 0.3) is 0 Å². The van der Waals surface area contributed by atoms with Crippen LogP contribution < -0.4 is 13.8 Å². The number of para-hydroxylation sites is 2. The van der Waals surface area contributed by atoms with Crippen molar-refractivity contribution in [1.29, 1.82) is 0 Å². The summed E-state index contributed by atoms with van der Waals surface area (Å²) in [5.74, 6) is 0. The van der Waals surface area contributed by atoms with Crippen molar-refractivity contribution in [2.75, 3.05) is 4.90 Å². The summed E-state index contributed by atoms with van der Waals surface area (Å²) >= 11 is 0.869. The molecule has 19 heavy (non-hydrogen) atoms. The molecular weight excluding hydrogens is 364 g/mol. The SMILES string of the molecule is c1c[se]c(N2c3ccccc3[Se]c3ccccc32)c1. The quantitative estimate of drug-likeness (QED) is 0.461. The van der Waals surface area contributed by atoms with E-state index in [-0.39, 0.29) is 0 Å². The van der Waals surface area contributed by atoms with Gasteiger partial charge in [-0.3, -0.25) is 0 Å². The maximum absolute atomic E-state index is 2.45. The molecule has 0 spiro atoms. The van der Waals surface area contributed by atoms with Crippen LogP contribution >= 0.6 is 0 Å². The van der Waals surface area contributed by atoms with Gasteiger partial charge in [-0.2, -0.15) is 0 Å². The average Bonchev–Trinajstić information content (AvgIpc) is 2.98. The molecule has 0 fully saturated rings. The van der Waals surface area contributed by atoms with Gasteiger partial charge in [0.2, 0.25) is 0 Å². The predicted octanol–water partition coefficient (Wildman–Crippen LogP) is 2.18. The van der Waals surface area contributed by atoms with E-state index in [1.807, 2.05) is 0 Å². The Morgan fingerprint density at radius 2 is 1.32 bits per heavy atom. The molecule has 0 N–H and O–H groups in total. The molecule has 0 atom stereocenters. The second kappa shape index (κ2) is 4.70. The molecule has 2 aromatic carbocycles. The minimum absolute atomic E-state index is 0.420. The molecule has 1 aliphatic rings. The number of benzene rings is 2. The molecule has 92 valence electrons. The van der Waals surface area contributed by atoms with E-state index >= 15 is 0 Å². The molecule has 1 aromatic heterocycles. The van der Waals surface area contributed by atoms with Crippen LogP contribution in [0.15, 0.2) is 65.6 Å². The zero-order valence-corrected chi connectivity index (χ0v) is 13.5. The Balaban J connectivity index is 1.98. The summed E-state index contributed by atoms with van der Waals surface area (Å²) in [4.78, 5) is 4.74. The van der Waals surface area contributed by atoms with Gasteiger partial charge in [0.15, 0.2) is 0 Å². The van der Waals surface area contributed by atoms with E-state index in [9.17, 15) is 0 Å². The second-order valence-corrected chi connectivity index (χ2v) is 8.54. The summed E-state index contributed by atoms with van der Waals surface area (Å²) in [5.41, 5.74) is 2.75. The van der Waals surface area contributed by atoms with Crippen LogP contribution in [-0.4, -0.2) is 29.5 Å². The van der Waals surface area contributed by atoms with E-state index < -0.39 is 0 Å². The van der Waals surface area contributed by atoms with Crippen molar-refractivity contribution in [3.05, 3.63) is 65.6 Å². The molecule has 3 heteroatoms. The van der Waals surface area contributed by atoms with Crippen LogP contribution in [0.2, 0.25) is 0 Å². The van der Waals surface area contributed by atoms with Gasteiger partial charge in [0.05, 0.1) is 0 Å². The van der Waals surface area contributed by atoms with Crippen LogP contribution in [0.1, 0.15) is 0 Å². The van der Waals surface area contributed by atoms with Crippen molar-refractivity contribution in [3.8, 4) is 0 Å². The summed E-state index contributed by atoms with van der Waals surface area (Å²) < 4.78 is 4.40. The summed E-state index contributed by atoms with van der Waals surface area (Å²) in [6, 6.07) is 22.1. The third kappa shape index (κ3) is 1.91. The van der Waals surface area contributed by atoms with Gasteiger partial charge < -0.3 is 0 Å². The molecule has 0 amide bonds. The Morgan fingerprint density at radius 1 is 0.684 bits per heavy atom. The molecule has 2 heterocycles. The molecule has 0 unspecified atom stereocenters. The fourth-order valence-electron chi connectivity index (χ4n) is 2.34. The van der Waals surface area contributed by atoms with Crippen molar-refractivity contribution in [2.45, 2.75) is 0 Å². The van der Waals surface area contributed by atoms with Gasteiger partial charge in [0, 0.05) is 0 Å². The number of nitrogens with zero attached hydrogens (tertiary/aromatic N) is 1. The molecule has 0 saturated heterocycles. The first-order valence-electron chi connectivity index (χ1n) is 6.13. The third-order valence-electron chi connectivity index (χ3n) is 3.16. The predicted molar refractivity (Wildman–Crippen MR) is 83.1 cm³/mol. The van der Waals surface area contributed by atoms with Gasteiger partial charge in [-0.1, -0.05) is 0 Å². The molecule has 0 saturated carbocycles. The van der Waals surface area contributed by atoms with E-state index in [0.717, 1.165) is 0 Å². The second-order valence-electron chi connectivity index (χ2n) is 4.32. The van der Waals surface area contributed by atoms with Gasteiger partial charge in [-0.05, 0) is 0 Å². The summed E-state index contributed by atoms with van der Waals surface area (Å²) in [7, 11) is 0. The van der Waals surface area contributed by atoms with Crippen LogP contribution in [0.5, 0.6) is 0 Å². The van der Waals surface area contributed by atoms with Gasteiger partial charge in [0.25, 0.3) is 0 Å². The fourth-order valence-corrected chi connectivity index (χ4v) is 6.14. The van der Waals surface area contributed by atoms with E-state index in [0.29, 0.717) is 29.5 Å². The van der Waals surface area contributed by atoms with Gasteiger partial charge in [-0.15, -0.1) is 0 Å². The standard InChI is InChI=1S/C16H11NSe2/c1-3-8-14-12(6-1)17(16-10-5-11-18-16)13-7-2-4-9-15(13)19-14/h1-11H. The Kier molecular flexibility index (Phi) is 2.86. The Labute approximate surface area is 124 Å². The number of anilines is 3. The molecule has 4 rings (SSSR count). The van der Waals surface area contributed by atoms with Gasteiger partial charge in [0.1, 0.15) is 0 Å². The summed E-state index contributed by atoms with van der Waals surface area (Å²) in [5, 5.41) is 0. The number of hydrogen-bond acceptors (Lipinski definition) is 1. The first-order valence-corrected chi connectivity index (χ1v) is 9.69. The van der Waals surface area contributed by atoms with Crippen LogP contribution in [0.3, 0.4) is 0 Å². The third-order valence-corrected chi connectivity index (χ3v) is 7.32. The van der Waals surface area contributed by atoms with E-state index in [1.165, 1.54) is 24.9 Å². The zero-order valence-electron chi connectivity index (χ0n) is 10.1. The van der Waals surface area contributed by atoms with Gasteiger partial charge in [-0.25, -0.2) is 0 Å². The van der Waals surface area contributed by atoms with Crippen molar-refractivity contribution < 1.29 is 0 Å².